The Kier molecular flexibility index (Phi) is 4.94. The van der Waals surface area contributed by atoms with Crippen LogP contribution in [0, 0.1) is 0 Å². The summed E-state index contributed by atoms with van der Waals surface area (Å²) in [5.41, 5.74) is -1.30. The Morgan fingerprint density at radius 3 is 2.58 bits per heavy atom. The van der Waals surface area contributed by atoms with Gasteiger partial charge in [0.1, 0.15) is 6.33 Å². The van der Waals surface area contributed by atoms with Crippen molar-refractivity contribution in [3.8, 4) is 0 Å². The number of hydrogen-bond donors (Lipinski definition) is 2. The van der Waals surface area contributed by atoms with E-state index in [1.807, 2.05) is 0 Å². The van der Waals surface area contributed by atoms with E-state index in [9.17, 15) is 22.8 Å². The number of hydrogen-bond acceptors (Lipinski definition) is 3. The smallest absolute Gasteiger partial charge is 0.324 e. The molecule has 0 unspecified atom stereocenters. The van der Waals surface area contributed by atoms with E-state index in [-0.39, 0.29) is 17.4 Å². The molecular formula is C15H15ClF3N5O2. The zero-order valence-electron chi connectivity index (χ0n) is 13.4. The highest BCUT2D eigenvalue weighted by molar-refractivity contribution is 6.31. The minimum absolute atomic E-state index is 0.0138. The number of carbonyl (C=O) groups is 1. The van der Waals surface area contributed by atoms with Gasteiger partial charge in [-0.15, -0.1) is 0 Å². The Balaban J connectivity index is 1.63. The number of aromatic amines is 1. The first-order chi connectivity index (χ1) is 12.3. The lowest BCUT2D eigenvalue weighted by Gasteiger charge is -2.32. The summed E-state index contributed by atoms with van der Waals surface area (Å²) in [5.74, 6) is 0. The molecule has 2 amide bonds. The number of nitrogens with one attached hydrogen (secondary N) is 2. The lowest BCUT2D eigenvalue weighted by Crippen LogP contribution is -2.42. The number of anilines is 1. The van der Waals surface area contributed by atoms with Gasteiger partial charge in [0.2, 0.25) is 0 Å². The summed E-state index contributed by atoms with van der Waals surface area (Å²) in [6.45, 7) is 0.738. The van der Waals surface area contributed by atoms with Gasteiger partial charge in [0, 0.05) is 24.8 Å². The number of rotatable bonds is 2. The number of nitrogens with zero attached hydrogens (tertiary/aromatic N) is 3. The number of halogens is 4. The zero-order valence-corrected chi connectivity index (χ0v) is 14.1. The molecule has 26 heavy (non-hydrogen) atoms. The summed E-state index contributed by atoms with van der Waals surface area (Å²) < 4.78 is 40.1. The van der Waals surface area contributed by atoms with Crippen molar-refractivity contribution in [2.24, 2.45) is 0 Å². The predicted molar refractivity (Wildman–Crippen MR) is 88.2 cm³/mol. The first kappa shape index (κ1) is 18.3. The number of H-pyrrole nitrogens is 1. The topological polar surface area (TPSA) is 83.0 Å². The fourth-order valence-corrected chi connectivity index (χ4v) is 3.11. The third-order valence-corrected chi connectivity index (χ3v) is 4.57. The molecule has 1 aliphatic rings. The SMILES string of the molecule is O=C(Nc1ccc(Cl)c(C(F)(F)F)c1)N1CCC(n2cn[nH]c2=O)CC1. The van der Waals surface area contributed by atoms with E-state index < -0.39 is 22.8 Å². The van der Waals surface area contributed by atoms with Crippen LogP contribution in [0.3, 0.4) is 0 Å². The van der Waals surface area contributed by atoms with E-state index in [2.05, 4.69) is 15.5 Å². The Bertz CT molecular complexity index is 855. The number of aromatic nitrogens is 3. The Morgan fingerprint density at radius 2 is 2.00 bits per heavy atom. The van der Waals surface area contributed by atoms with Gasteiger partial charge >= 0.3 is 17.9 Å². The number of likely N-dealkylation sites (tertiary alicyclic amines) is 1. The molecule has 7 nitrogen and oxygen atoms in total. The number of benzene rings is 1. The molecule has 1 aromatic heterocycles. The molecule has 1 aliphatic heterocycles. The van der Waals surface area contributed by atoms with Crippen LogP contribution in [0.2, 0.25) is 5.02 Å². The van der Waals surface area contributed by atoms with Gasteiger partial charge in [0.25, 0.3) is 0 Å². The second kappa shape index (κ2) is 7.02. The molecule has 1 aromatic carbocycles. The normalized spacial score (nSPS) is 15.9. The van der Waals surface area contributed by atoms with E-state index in [1.165, 1.54) is 21.9 Å². The van der Waals surface area contributed by atoms with Crippen molar-refractivity contribution in [2.75, 3.05) is 18.4 Å². The van der Waals surface area contributed by atoms with Crippen LogP contribution in [0.4, 0.5) is 23.7 Å². The monoisotopic (exact) mass is 389 g/mol. The van der Waals surface area contributed by atoms with Gasteiger partial charge in [-0.05, 0) is 31.0 Å². The molecule has 2 N–H and O–H groups in total. The molecule has 0 atom stereocenters. The fraction of sp³-hybridized carbons (Fsp3) is 0.400. The number of carbonyl (C=O) groups excluding carboxylic acids is 1. The highest BCUT2D eigenvalue weighted by Gasteiger charge is 2.33. The van der Waals surface area contributed by atoms with Crippen LogP contribution in [0.1, 0.15) is 24.4 Å². The largest absolute Gasteiger partial charge is 0.417 e. The summed E-state index contributed by atoms with van der Waals surface area (Å²) in [4.78, 5) is 25.3. The predicted octanol–water partition coefficient (Wildman–Crippen LogP) is 3.11. The lowest BCUT2D eigenvalue weighted by molar-refractivity contribution is -0.137. The van der Waals surface area contributed by atoms with Gasteiger partial charge in [0.05, 0.1) is 10.6 Å². The maximum atomic E-state index is 12.9. The van der Waals surface area contributed by atoms with Crippen LogP contribution in [-0.2, 0) is 6.18 Å². The van der Waals surface area contributed by atoms with E-state index >= 15 is 0 Å². The molecular weight excluding hydrogens is 375 g/mol. The highest BCUT2D eigenvalue weighted by atomic mass is 35.5. The number of urea groups is 1. The van der Waals surface area contributed by atoms with E-state index in [4.69, 9.17) is 11.6 Å². The molecule has 0 saturated carbocycles. The van der Waals surface area contributed by atoms with Gasteiger partial charge in [0.15, 0.2) is 0 Å². The summed E-state index contributed by atoms with van der Waals surface area (Å²) in [6, 6.07) is 2.64. The molecule has 2 aromatic rings. The van der Waals surface area contributed by atoms with E-state index in [1.54, 1.807) is 0 Å². The minimum atomic E-state index is -4.60. The van der Waals surface area contributed by atoms with Crippen molar-refractivity contribution >= 4 is 23.3 Å². The van der Waals surface area contributed by atoms with Gasteiger partial charge in [-0.3, -0.25) is 4.57 Å². The Morgan fingerprint density at radius 1 is 1.31 bits per heavy atom. The maximum absolute atomic E-state index is 12.9. The molecule has 140 valence electrons. The number of piperidine rings is 1. The summed E-state index contributed by atoms with van der Waals surface area (Å²) >= 11 is 5.57. The van der Waals surface area contributed by atoms with Crippen LogP contribution in [0.25, 0.3) is 0 Å². The second-order valence-electron chi connectivity index (χ2n) is 5.91. The van der Waals surface area contributed by atoms with Crippen molar-refractivity contribution in [2.45, 2.75) is 25.1 Å². The Hall–Kier alpha value is -2.49. The van der Waals surface area contributed by atoms with Crippen LogP contribution in [-0.4, -0.2) is 38.8 Å². The lowest BCUT2D eigenvalue weighted by atomic mass is 10.1. The van der Waals surface area contributed by atoms with Crippen LogP contribution < -0.4 is 11.0 Å². The number of alkyl halides is 3. The van der Waals surface area contributed by atoms with Gasteiger partial charge in [-0.1, -0.05) is 11.6 Å². The van der Waals surface area contributed by atoms with Gasteiger partial charge in [-0.2, -0.15) is 18.3 Å². The minimum Gasteiger partial charge on any atom is -0.324 e. The van der Waals surface area contributed by atoms with Gasteiger partial charge < -0.3 is 10.2 Å². The van der Waals surface area contributed by atoms with Crippen molar-refractivity contribution in [3.63, 3.8) is 0 Å². The van der Waals surface area contributed by atoms with Gasteiger partial charge in [-0.25, -0.2) is 14.7 Å². The standard InChI is InChI=1S/C15H15ClF3N5O2/c16-12-2-1-9(7-11(12)15(17,18)19)21-13(25)23-5-3-10(4-6-23)24-8-20-22-14(24)26/h1-2,7-8,10H,3-6H2,(H,21,25)(H,22,26). The average molecular weight is 390 g/mol. The molecule has 2 heterocycles. The molecule has 0 radical (unpaired) electrons. The molecule has 1 fully saturated rings. The molecule has 0 bridgehead atoms. The zero-order chi connectivity index (χ0) is 18.9. The third-order valence-electron chi connectivity index (χ3n) is 4.24. The van der Waals surface area contributed by atoms with Crippen molar-refractivity contribution < 1.29 is 18.0 Å². The maximum Gasteiger partial charge on any atom is 0.417 e. The van der Waals surface area contributed by atoms with Crippen molar-refractivity contribution in [1.29, 1.82) is 0 Å². The summed E-state index contributed by atoms with van der Waals surface area (Å²) in [7, 11) is 0. The third kappa shape index (κ3) is 3.85. The fourth-order valence-electron chi connectivity index (χ4n) is 2.89. The van der Waals surface area contributed by atoms with E-state index in [0.29, 0.717) is 25.9 Å². The van der Waals surface area contributed by atoms with Crippen molar-refractivity contribution in [3.05, 3.63) is 45.6 Å². The molecule has 0 aliphatic carbocycles. The molecule has 1 saturated heterocycles. The van der Waals surface area contributed by atoms with E-state index in [0.717, 1.165) is 12.1 Å². The first-order valence-corrected chi connectivity index (χ1v) is 8.17. The Labute approximate surface area is 150 Å². The quantitative estimate of drug-likeness (QED) is 0.827. The number of amides is 2. The second-order valence-corrected chi connectivity index (χ2v) is 6.32. The molecule has 3 rings (SSSR count). The first-order valence-electron chi connectivity index (χ1n) is 7.80. The van der Waals surface area contributed by atoms with Crippen LogP contribution in [0.5, 0.6) is 0 Å². The van der Waals surface area contributed by atoms with Crippen LogP contribution >= 0.6 is 11.6 Å². The molecule has 0 spiro atoms. The summed E-state index contributed by atoms with van der Waals surface area (Å²) in [5, 5.41) is 8.01. The van der Waals surface area contributed by atoms with Crippen LogP contribution in [0.15, 0.2) is 29.3 Å². The highest BCUT2D eigenvalue weighted by Crippen LogP contribution is 2.36. The summed E-state index contributed by atoms with van der Waals surface area (Å²) in [6.07, 6.45) is -2.11. The van der Waals surface area contributed by atoms with Crippen molar-refractivity contribution in [1.82, 2.24) is 19.7 Å². The molecule has 11 heteroatoms. The average Bonchev–Trinajstić information content (AvgIpc) is 3.01.